The number of thioether (sulfide) groups is 1. The van der Waals surface area contributed by atoms with E-state index in [9.17, 15) is 18.0 Å². The fourth-order valence-corrected chi connectivity index (χ4v) is 4.43. The van der Waals surface area contributed by atoms with E-state index in [0.29, 0.717) is 5.75 Å². The third kappa shape index (κ3) is 16.0. The lowest BCUT2D eigenvalue weighted by Crippen LogP contribution is -2.44. The van der Waals surface area contributed by atoms with Gasteiger partial charge in [0.15, 0.2) is 5.75 Å². The Hall–Kier alpha value is -1.58. The maximum absolute atomic E-state index is 11.6. The van der Waals surface area contributed by atoms with E-state index in [4.69, 9.17) is 10.2 Å². The van der Waals surface area contributed by atoms with Crippen molar-refractivity contribution in [2.75, 3.05) is 17.3 Å². The van der Waals surface area contributed by atoms with E-state index in [0.717, 1.165) is 25.7 Å². The van der Waals surface area contributed by atoms with Crippen LogP contribution in [0.2, 0.25) is 0 Å². The Balaban J connectivity index is 4.35. The summed E-state index contributed by atoms with van der Waals surface area (Å²) in [5, 5.41) is 17.7. The van der Waals surface area contributed by atoms with Crippen molar-refractivity contribution < 1.29 is 28.2 Å². The van der Waals surface area contributed by atoms with Crippen molar-refractivity contribution in [3.05, 3.63) is 34.9 Å². The highest BCUT2D eigenvalue weighted by Crippen LogP contribution is 2.13. The van der Waals surface area contributed by atoms with E-state index < -0.39 is 33.8 Å². The molecule has 0 aromatic heterocycles. The molecule has 0 bridgehead atoms. The van der Waals surface area contributed by atoms with Crippen molar-refractivity contribution in [3.8, 4) is 0 Å². The Kier molecular flexibility index (Phi) is 13.6. The van der Waals surface area contributed by atoms with Crippen LogP contribution >= 0.6 is 11.8 Å². The lowest BCUT2D eigenvalue weighted by molar-refractivity contribution is -0.138. The highest BCUT2D eigenvalue weighted by atomic mass is 32.2. The van der Waals surface area contributed by atoms with Crippen molar-refractivity contribution in [1.29, 1.82) is 0 Å². The molecule has 0 unspecified atom stereocenters. The molecule has 0 amide bonds. The average Bonchev–Trinajstić information content (AvgIpc) is 2.55. The van der Waals surface area contributed by atoms with Crippen LogP contribution in [0.1, 0.15) is 53.4 Å². The van der Waals surface area contributed by atoms with Crippen molar-refractivity contribution >= 4 is 33.7 Å². The van der Waals surface area contributed by atoms with Gasteiger partial charge in [-0.25, -0.2) is 8.42 Å². The van der Waals surface area contributed by atoms with E-state index in [1.165, 1.54) is 28.5 Å². The zero-order valence-electron chi connectivity index (χ0n) is 17.6. The molecule has 29 heavy (non-hydrogen) atoms. The number of nitrogens with one attached hydrogen (secondary N) is 1. The first-order chi connectivity index (χ1) is 13.4. The minimum atomic E-state index is -4.18. The number of allylic oxidation sites excluding steroid dienone is 5. The second kappa shape index (κ2) is 14.4. The summed E-state index contributed by atoms with van der Waals surface area (Å²) in [6.45, 7) is 8.33. The molecule has 7 nitrogen and oxygen atoms in total. The zero-order valence-corrected chi connectivity index (χ0v) is 19.2. The molecular formula is C20H33NO6S2. The molecule has 166 valence electrons. The van der Waals surface area contributed by atoms with Gasteiger partial charge in [-0.15, -0.1) is 0 Å². The molecule has 0 rings (SSSR count). The van der Waals surface area contributed by atoms with E-state index in [-0.39, 0.29) is 5.75 Å². The summed E-state index contributed by atoms with van der Waals surface area (Å²) in [4.78, 5) is 21.7. The molecule has 0 aliphatic carbocycles. The third-order valence-corrected chi connectivity index (χ3v) is 6.13. The molecule has 0 fully saturated rings. The number of carboxylic acids is 2. The maximum Gasteiger partial charge on any atom is 0.322 e. The summed E-state index contributed by atoms with van der Waals surface area (Å²) >= 11 is 1.28. The van der Waals surface area contributed by atoms with Crippen LogP contribution < -0.4 is 4.72 Å². The molecule has 0 spiro atoms. The van der Waals surface area contributed by atoms with Gasteiger partial charge in [-0.3, -0.25) is 9.59 Å². The van der Waals surface area contributed by atoms with E-state index in [1.54, 1.807) is 0 Å². The highest BCUT2D eigenvalue weighted by molar-refractivity contribution is 7.99. The fraction of sp³-hybridized carbons (Fsp3) is 0.600. The Morgan fingerprint density at radius 2 is 1.52 bits per heavy atom. The monoisotopic (exact) mass is 447 g/mol. The molecule has 0 aromatic rings. The van der Waals surface area contributed by atoms with Gasteiger partial charge in [0.05, 0.1) is 0 Å². The van der Waals surface area contributed by atoms with Gasteiger partial charge in [0.2, 0.25) is 10.0 Å². The topological polar surface area (TPSA) is 121 Å². The number of rotatable bonds is 15. The molecule has 0 radical (unpaired) electrons. The summed E-state index contributed by atoms with van der Waals surface area (Å²) < 4.78 is 25.1. The third-order valence-electron chi connectivity index (χ3n) is 3.89. The predicted octanol–water partition coefficient (Wildman–Crippen LogP) is 3.60. The summed E-state index contributed by atoms with van der Waals surface area (Å²) in [6.07, 6.45) is 10.4. The molecule has 9 heteroatoms. The van der Waals surface area contributed by atoms with Crippen LogP contribution in [0.4, 0.5) is 0 Å². The first-order valence-electron chi connectivity index (χ1n) is 9.40. The van der Waals surface area contributed by atoms with Gasteiger partial charge in [0.25, 0.3) is 0 Å². The average molecular weight is 448 g/mol. The minimum Gasteiger partial charge on any atom is -0.480 e. The number of hydrogen-bond donors (Lipinski definition) is 3. The second-order valence-corrected chi connectivity index (χ2v) is 9.99. The lowest BCUT2D eigenvalue weighted by atomic mass is 10.1. The normalized spacial score (nSPS) is 13.8. The largest absolute Gasteiger partial charge is 0.480 e. The summed E-state index contributed by atoms with van der Waals surface area (Å²) in [7, 11) is -4.18. The molecule has 3 N–H and O–H groups in total. The highest BCUT2D eigenvalue weighted by Gasteiger charge is 2.25. The summed E-state index contributed by atoms with van der Waals surface area (Å²) in [5.74, 6) is -3.45. The van der Waals surface area contributed by atoms with E-state index in [2.05, 4.69) is 32.9 Å². The molecule has 0 saturated heterocycles. The predicted molar refractivity (Wildman–Crippen MR) is 119 cm³/mol. The fourth-order valence-electron chi connectivity index (χ4n) is 2.30. The van der Waals surface area contributed by atoms with Gasteiger partial charge in [-0.2, -0.15) is 16.5 Å². The number of carbonyl (C=O) groups is 2. The zero-order chi connectivity index (χ0) is 22.4. The Labute approximate surface area is 178 Å². The summed E-state index contributed by atoms with van der Waals surface area (Å²) in [5.41, 5.74) is 3.88. The van der Waals surface area contributed by atoms with Gasteiger partial charge in [-0.1, -0.05) is 34.9 Å². The van der Waals surface area contributed by atoms with Crippen LogP contribution in [0.15, 0.2) is 34.9 Å². The summed E-state index contributed by atoms with van der Waals surface area (Å²) in [6, 6.07) is -1.36. The number of aliphatic carboxylic acids is 2. The van der Waals surface area contributed by atoms with Crippen LogP contribution in [-0.4, -0.2) is 53.9 Å². The number of sulfonamides is 1. The Bertz CT molecular complexity index is 734. The van der Waals surface area contributed by atoms with Gasteiger partial charge in [0.1, 0.15) is 6.04 Å². The second-order valence-electron chi connectivity index (χ2n) is 7.16. The maximum atomic E-state index is 11.6. The molecule has 0 saturated carbocycles. The van der Waals surface area contributed by atoms with Crippen molar-refractivity contribution in [2.45, 2.75) is 59.4 Å². The SMILES string of the molecule is CC(C)=CCCC(C)=CCCC(C)=CCSC[C@H](NS(=O)(=O)CC(=O)O)C(=O)O. The van der Waals surface area contributed by atoms with E-state index in [1.807, 2.05) is 17.7 Å². The van der Waals surface area contributed by atoms with E-state index >= 15 is 0 Å². The Morgan fingerprint density at radius 3 is 2.03 bits per heavy atom. The van der Waals surface area contributed by atoms with Gasteiger partial charge in [0, 0.05) is 11.5 Å². The lowest BCUT2D eigenvalue weighted by Gasteiger charge is -2.13. The molecule has 0 aromatic carbocycles. The van der Waals surface area contributed by atoms with Crippen molar-refractivity contribution in [1.82, 2.24) is 4.72 Å². The molecule has 0 aliphatic rings. The van der Waals surface area contributed by atoms with Crippen LogP contribution in [0, 0.1) is 0 Å². The van der Waals surface area contributed by atoms with Crippen LogP contribution in [0.25, 0.3) is 0 Å². The first-order valence-corrected chi connectivity index (χ1v) is 12.2. The first kappa shape index (κ1) is 27.4. The Morgan fingerprint density at radius 1 is 0.966 bits per heavy atom. The quantitative estimate of drug-likeness (QED) is 0.259. The van der Waals surface area contributed by atoms with Gasteiger partial charge < -0.3 is 10.2 Å². The minimum absolute atomic E-state index is 0.0152. The molecular weight excluding hydrogens is 414 g/mol. The smallest absolute Gasteiger partial charge is 0.322 e. The van der Waals surface area contributed by atoms with Crippen molar-refractivity contribution in [3.63, 3.8) is 0 Å². The van der Waals surface area contributed by atoms with Crippen LogP contribution in [-0.2, 0) is 19.6 Å². The standard InChI is InChI=1S/C20H33NO6S2/c1-15(2)7-5-8-16(3)9-6-10-17(4)11-12-28-13-18(20(24)25)21-29(26,27)14-19(22)23/h7,9,11,18,21H,5-6,8,10,12-14H2,1-4H3,(H,22,23)(H,24,25)/t18-/m0/s1. The van der Waals surface area contributed by atoms with Gasteiger partial charge in [-0.05, 0) is 53.4 Å². The molecule has 0 heterocycles. The van der Waals surface area contributed by atoms with Gasteiger partial charge >= 0.3 is 11.9 Å². The van der Waals surface area contributed by atoms with Crippen LogP contribution in [0.3, 0.4) is 0 Å². The molecule has 1 atom stereocenters. The van der Waals surface area contributed by atoms with Crippen molar-refractivity contribution in [2.24, 2.45) is 0 Å². The number of carboxylic acid groups (broad SMARTS) is 2. The molecule has 0 aliphatic heterocycles. The van der Waals surface area contributed by atoms with Crippen LogP contribution in [0.5, 0.6) is 0 Å². The number of hydrogen-bond acceptors (Lipinski definition) is 5.